The molecule has 0 atom stereocenters. The van der Waals surface area contributed by atoms with Crippen molar-refractivity contribution in [2.75, 3.05) is 13.1 Å². The highest BCUT2D eigenvalue weighted by atomic mass is 16.5. The summed E-state index contributed by atoms with van der Waals surface area (Å²) in [7, 11) is 0. The number of pyridine rings is 1. The number of carbonyl (C=O) groups excluding carboxylic acids is 1. The molecule has 0 radical (unpaired) electrons. The number of nitrogens with zero attached hydrogens (tertiary/aromatic N) is 4. The summed E-state index contributed by atoms with van der Waals surface area (Å²) in [6, 6.07) is 5.54. The van der Waals surface area contributed by atoms with Gasteiger partial charge in [0.15, 0.2) is 0 Å². The first-order valence-corrected chi connectivity index (χ1v) is 7.74. The topological polar surface area (TPSA) is 72.1 Å². The summed E-state index contributed by atoms with van der Waals surface area (Å²) in [5.74, 6) is 1.85. The zero-order chi connectivity index (χ0) is 15.4. The standard InChI is InChI=1S/C16H20N4O2/c1-12-7-10-20(11-8-12)15(21)6-5-14-18-16(19-22-14)13-4-2-3-9-17-13/h2-4,9,12H,5-8,10-11H2,1H3. The van der Waals surface area contributed by atoms with Crippen LogP contribution in [-0.2, 0) is 11.2 Å². The lowest BCUT2D eigenvalue weighted by Crippen LogP contribution is -2.38. The zero-order valence-corrected chi connectivity index (χ0v) is 12.7. The molecule has 116 valence electrons. The molecule has 1 aliphatic rings. The molecule has 1 saturated heterocycles. The van der Waals surface area contributed by atoms with Gasteiger partial charge in [0.1, 0.15) is 5.69 Å². The molecule has 0 unspecified atom stereocenters. The summed E-state index contributed by atoms with van der Waals surface area (Å²) in [6.45, 7) is 3.96. The number of hydrogen-bond donors (Lipinski definition) is 0. The summed E-state index contributed by atoms with van der Waals surface area (Å²) >= 11 is 0. The third kappa shape index (κ3) is 3.50. The number of likely N-dealkylation sites (tertiary alicyclic amines) is 1. The number of hydrogen-bond acceptors (Lipinski definition) is 5. The number of rotatable bonds is 4. The first-order chi connectivity index (χ1) is 10.7. The van der Waals surface area contributed by atoms with Crippen LogP contribution in [0.5, 0.6) is 0 Å². The predicted octanol–water partition coefficient (Wildman–Crippen LogP) is 2.32. The van der Waals surface area contributed by atoms with Gasteiger partial charge in [0, 0.05) is 32.1 Å². The molecule has 22 heavy (non-hydrogen) atoms. The van der Waals surface area contributed by atoms with Gasteiger partial charge in [0.25, 0.3) is 0 Å². The van der Waals surface area contributed by atoms with Gasteiger partial charge in [-0.25, -0.2) is 0 Å². The molecule has 6 heteroatoms. The molecule has 0 N–H and O–H groups in total. The average Bonchev–Trinajstić information content (AvgIpc) is 3.03. The molecule has 3 rings (SSSR count). The molecule has 0 aliphatic carbocycles. The SMILES string of the molecule is CC1CCN(C(=O)CCc2nc(-c3ccccn3)no2)CC1. The Balaban J connectivity index is 1.54. The second kappa shape index (κ2) is 6.68. The van der Waals surface area contributed by atoms with Gasteiger partial charge in [-0.3, -0.25) is 9.78 Å². The molecule has 2 aromatic heterocycles. The zero-order valence-electron chi connectivity index (χ0n) is 12.7. The number of aryl methyl sites for hydroxylation is 1. The van der Waals surface area contributed by atoms with Crippen molar-refractivity contribution >= 4 is 5.91 Å². The van der Waals surface area contributed by atoms with Gasteiger partial charge < -0.3 is 9.42 Å². The Morgan fingerprint density at radius 3 is 2.91 bits per heavy atom. The van der Waals surface area contributed by atoms with Gasteiger partial charge >= 0.3 is 0 Å². The Bertz CT molecular complexity index is 618. The lowest BCUT2D eigenvalue weighted by Gasteiger charge is -2.30. The maximum atomic E-state index is 12.2. The van der Waals surface area contributed by atoms with Crippen LogP contribution in [0.2, 0.25) is 0 Å². The van der Waals surface area contributed by atoms with Crippen LogP contribution in [0.15, 0.2) is 28.9 Å². The molecule has 1 aliphatic heterocycles. The summed E-state index contributed by atoms with van der Waals surface area (Å²) in [4.78, 5) is 22.6. The Morgan fingerprint density at radius 1 is 1.36 bits per heavy atom. The number of amides is 1. The average molecular weight is 300 g/mol. The van der Waals surface area contributed by atoms with Crippen molar-refractivity contribution in [2.45, 2.75) is 32.6 Å². The van der Waals surface area contributed by atoms with Crippen molar-refractivity contribution in [3.05, 3.63) is 30.3 Å². The minimum atomic E-state index is 0.171. The number of piperidine rings is 1. The fourth-order valence-electron chi connectivity index (χ4n) is 2.59. The van der Waals surface area contributed by atoms with E-state index in [-0.39, 0.29) is 5.91 Å². The molecular formula is C16H20N4O2. The molecule has 6 nitrogen and oxygen atoms in total. The highest BCUT2D eigenvalue weighted by Gasteiger charge is 2.20. The van der Waals surface area contributed by atoms with Gasteiger partial charge in [-0.15, -0.1) is 0 Å². The predicted molar refractivity (Wildman–Crippen MR) is 80.8 cm³/mol. The fourth-order valence-corrected chi connectivity index (χ4v) is 2.59. The van der Waals surface area contributed by atoms with E-state index in [2.05, 4.69) is 22.0 Å². The summed E-state index contributed by atoms with van der Waals surface area (Å²) in [5, 5.41) is 3.91. The molecule has 1 amide bonds. The van der Waals surface area contributed by atoms with Crippen molar-refractivity contribution < 1.29 is 9.32 Å². The summed E-state index contributed by atoms with van der Waals surface area (Å²) in [6.07, 6.45) is 4.77. The van der Waals surface area contributed by atoms with E-state index in [1.54, 1.807) is 6.20 Å². The first kappa shape index (κ1) is 14.7. The van der Waals surface area contributed by atoms with Gasteiger partial charge in [-0.2, -0.15) is 4.98 Å². The Morgan fingerprint density at radius 2 is 2.18 bits per heavy atom. The number of carbonyl (C=O) groups is 1. The fraction of sp³-hybridized carbons (Fsp3) is 0.500. The van der Waals surface area contributed by atoms with E-state index in [0.717, 1.165) is 31.8 Å². The van der Waals surface area contributed by atoms with Crippen molar-refractivity contribution in [1.82, 2.24) is 20.0 Å². The van der Waals surface area contributed by atoms with E-state index >= 15 is 0 Å². The van der Waals surface area contributed by atoms with Crippen LogP contribution in [0.1, 0.15) is 32.1 Å². The highest BCUT2D eigenvalue weighted by molar-refractivity contribution is 5.76. The van der Waals surface area contributed by atoms with E-state index in [9.17, 15) is 4.79 Å². The monoisotopic (exact) mass is 300 g/mol. The van der Waals surface area contributed by atoms with Crippen LogP contribution in [0.25, 0.3) is 11.5 Å². The molecule has 0 saturated carbocycles. The third-order valence-corrected chi connectivity index (χ3v) is 4.05. The van der Waals surface area contributed by atoms with Gasteiger partial charge in [0.05, 0.1) is 0 Å². The molecule has 0 aromatic carbocycles. The van der Waals surface area contributed by atoms with E-state index in [0.29, 0.717) is 30.3 Å². The minimum absolute atomic E-state index is 0.171. The number of aromatic nitrogens is 3. The largest absolute Gasteiger partial charge is 0.343 e. The Hall–Kier alpha value is -2.24. The summed E-state index contributed by atoms with van der Waals surface area (Å²) < 4.78 is 5.20. The van der Waals surface area contributed by atoms with Crippen LogP contribution in [-0.4, -0.2) is 39.0 Å². The van der Waals surface area contributed by atoms with E-state index < -0.39 is 0 Å². The van der Waals surface area contributed by atoms with Crippen LogP contribution in [0.4, 0.5) is 0 Å². The molecule has 1 fully saturated rings. The van der Waals surface area contributed by atoms with Crippen LogP contribution in [0, 0.1) is 5.92 Å². The summed E-state index contributed by atoms with van der Waals surface area (Å²) in [5.41, 5.74) is 0.675. The van der Waals surface area contributed by atoms with E-state index in [1.807, 2.05) is 23.1 Å². The second-order valence-corrected chi connectivity index (χ2v) is 5.79. The van der Waals surface area contributed by atoms with Crippen molar-refractivity contribution in [3.8, 4) is 11.5 Å². The van der Waals surface area contributed by atoms with Crippen LogP contribution in [0.3, 0.4) is 0 Å². The minimum Gasteiger partial charge on any atom is -0.343 e. The van der Waals surface area contributed by atoms with Gasteiger partial charge in [-0.05, 0) is 30.9 Å². The Kier molecular flexibility index (Phi) is 4.46. The molecule has 0 bridgehead atoms. The normalized spacial score (nSPS) is 16.0. The van der Waals surface area contributed by atoms with Crippen molar-refractivity contribution in [2.24, 2.45) is 5.92 Å². The van der Waals surface area contributed by atoms with E-state index in [4.69, 9.17) is 4.52 Å². The van der Waals surface area contributed by atoms with Crippen molar-refractivity contribution in [1.29, 1.82) is 0 Å². The third-order valence-electron chi connectivity index (χ3n) is 4.05. The maximum absolute atomic E-state index is 12.2. The van der Waals surface area contributed by atoms with Crippen LogP contribution >= 0.6 is 0 Å². The quantitative estimate of drug-likeness (QED) is 0.866. The lowest BCUT2D eigenvalue weighted by molar-refractivity contribution is -0.132. The lowest BCUT2D eigenvalue weighted by atomic mass is 9.99. The second-order valence-electron chi connectivity index (χ2n) is 5.79. The van der Waals surface area contributed by atoms with Crippen LogP contribution < -0.4 is 0 Å². The van der Waals surface area contributed by atoms with Gasteiger partial charge in [0.2, 0.25) is 17.6 Å². The molecule has 3 heterocycles. The molecular weight excluding hydrogens is 280 g/mol. The molecule has 2 aromatic rings. The smallest absolute Gasteiger partial charge is 0.227 e. The maximum Gasteiger partial charge on any atom is 0.227 e. The first-order valence-electron chi connectivity index (χ1n) is 7.74. The van der Waals surface area contributed by atoms with Crippen molar-refractivity contribution in [3.63, 3.8) is 0 Å². The van der Waals surface area contributed by atoms with E-state index in [1.165, 1.54) is 0 Å². The highest BCUT2D eigenvalue weighted by Crippen LogP contribution is 2.17. The Labute approximate surface area is 129 Å². The van der Waals surface area contributed by atoms with Gasteiger partial charge in [-0.1, -0.05) is 18.1 Å². The molecule has 0 spiro atoms.